The zero-order chi connectivity index (χ0) is 99.5. The van der Waals surface area contributed by atoms with Gasteiger partial charge in [0.1, 0.15) is 0 Å². The van der Waals surface area contributed by atoms with E-state index in [0.29, 0.717) is 34.9 Å². The van der Waals surface area contributed by atoms with Crippen LogP contribution >= 0.6 is 0 Å². The summed E-state index contributed by atoms with van der Waals surface area (Å²) in [6.07, 6.45) is 0. The van der Waals surface area contributed by atoms with Crippen LogP contribution in [0.5, 0.6) is 0 Å². The molecule has 12 heteroatoms. The quantitative estimate of drug-likeness (QED) is 0.0852. The SMILES string of the molecule is Cc1cc(-c2ccccc2)nc(-c2ccccc2)n1.Cc1ccc(-c2cc(-c3ccccc3)nc(-c3ccccc3)n2)cc1.Cc1ccc2c(c1)C(C)(C)c1cc(-c3nc(-c4ccccc4)nc(-c4ccc(-c5ccccc5)cc4)n3)ccc1-2.Cc1cccc(-c2cc(-c3ccccc3)nc(-c3ccccc3)n2)c1.Cc1cccc(-c2nc(-c3ccc(-c4ccccc4)cc3)nc(-c3ccc(-c4ccccc4)cc3)n2)c1. The van der Waals surface area contributed by atoms with Crippen molar-refractivity contribution in [1.29, 1.82) is 0 Å². The Labute approximate surface area is 853 Å². The van der Waals surface area contributed by atoms with Crippen LogP contribution in [0.4, 0.5) is 0 Å². The molecule has 24 rings (SSSR count). The number of fused-ring (bicyclic) bond motifs is 3. The maximum Gasteiger partial charge on any atom is 0.164 e. The zero-order valence-electron chi connectivity index (χ0n) is 82.3. The Bertz CT molecular complexity index is 8110. The van der Waals surface area contributed by atoms with Gasteiger partial charge in [-0.15, -0.1) is 0 Å². The summed E-state index contributed by atoms with van der Waals surface area (Å²) in [6, 6.07) is 172. The zero-order valence-corrected chi connectivity index (χ0v) is 82.3. The van der Waals surface area contributed by atoms with Crippen LogP contribution in [0.3, 0.4) is 0 Å². The van der Waals surface area contributed by atoms with Gasteiger partial charge in [0, 0.05) is 89.0 Å². The summed E-state index contributed by atoms with van der Waals surface area (Å²) in [6.45, 7) is 15.1. The van der Waals surface area contributed by atoms with Gasteiger partial charge in [0.05, 0.1) is 28.5 Å². The van der Waals surface area contributed by atoms with Crippen molar-refractivity contribution < 1.29 is 0 Å². The number of rotatable bonds is 17. The fourth-order valence-corrected chi connectivity index (χ4v) is 17.9. The van der Waals surface area contributed by atoms with Gasteiger partial charge in [-0.05, 0) is 127 Å². The molecule has 0 unspecified atom stereocenters. The number of benzene rings is 18. The van der Waals surface area contributed by atoms with Gasteiger partial charge in [0.25, 0.3) is 0 Å². The fraction of sp³-hybridized carbons (Fsp3) is 0.0597. The summed E-state index contributed by atoms with van der Waals surface area (Å²) >= 11 is 0. The molecule has 0 spiro atoms. The molecule has 1 aliphatic carbocycles. The first kappa shape index (κ1) is 94.8. The summed E-state index contributed by atoms with van der Waals surface area (Å²) in [7, 11) is 0. The van der Waals surface area contributed by atoms with E-state index in [1.165, 1.54) is 61.2 Å². The lowest BCUT2D eigenvalue weighted by Gasteiger charge is -2.22. The molecule has 0 atom stereocenters. The van der Waals surface area contributed by atoms with Gasteiger partial charge in [-0.25, -0.2) is 59.8 Å². The van der Waals surface area contributed by atoms with Crippen LogP contribution < -0.4 is 0 Å². The largest absolute Gasteiger partial charge is 0.233 e. The van der Waals surface area contributed by atoms with Crippen LogP contribution in [0.25, 0.3) is 203 Å². The van der Waals surface area contributed by atoms with Gasteiger partial charge in [0.2, 0.25) is 0 Å². The second-order valence-electron chi connectivity index (χ2n) is 36.7. The Hall–Kier alpha value is -18.8. The predicted octanol–water partition coefficient (Wildman–Crippen LogP) is 33.4. The van der Waals surface area contributed by atoms with Gasteiger partial charge in [-0.1, -0.05) is 503 Å². The maximum absolute atomic E-state index is 5.02. The average molecular weight is 1880 g/mol. The van der Waals surface area contributed by atoms with Crippen molar-refractivity contribution in [1.82, 2.24) is 59.8 Å². The van der Waals surface area contributed by atoms with E-state index in [-0.39, 0.29) is 5.41 Å². The third-order valence-electron chi connectivity index (χ3n) is 25.7. The van der Waals surface area contributed by atoms with E-state index in [1.54, 1.807) is 0 Å². The lowest BCUT2D eigenvalue weighted by atomic mass is 9.81. The molecular weight excluding hydrogens is 1780 g/mol. The summed E-state index contributed by atoms with van der Waals surface area (Å²) in [5.41, 5.74) is 37.3. The first-order chi connectivity index (χ1) is 71.6. The van der Waals surface area contributed by atoms with Crippen LogP contribution in [0.15, 0.2) is 504 Å². The normalized spacial score (nSPS) is 11.3. The standard InChI is InChI=1S/C37H29N3.C34H25N3.2C23H18N2.C17H14N2/c1-24-14-20-30-31-21-19-29(23-33(31)37(2,3)32(30)22-24)36-39-34(27-12-8-5-9-13-27)38-35(40-36)28-17-15-26(16-18-28)25-10-6-4-7-11-25;1-24-9-8-14-31(23-24)34-36-32(29-19-15-27(16-20-29)25-10-4-2-5-11-25)35-33(37-34)30-21-17-28(18-22-30)26-12-6-3-7-13-26;1-17-9-8-14-20(15-17)22-16-21(18-10-4-2-5-11-18)24-23(25-22)19-12-6-3-7-13-19;1-17-12-14-19(15-13-17)22-16-21(18-8-4-2-5-9-18)24-23(25-22)20-10-6-3-7-11-20;1-13-12-16(14-8-4-2-5-9-14)19-17(18-13)15-10-6-3-7-11-15/h4-23H,1-3H3;2-23H,1H3;2*2-16H,1H3;2-12H,1H3. The van der Waals surface area contributed by atoms with Crippen molar-refractivity contribution in [3.63, 3.8) is 0 Å². The van der Waals surface area contributed by atoms with Gasteiger partial charge in [0.15, 0.2) is 52.4 Å². The highest BCUT2D eigenvalue weighted by Gasteiger charge is 2.36. The second-order valence-corrected chi connectivity index (χ2v) is 36.7. The third-order valence-corrected chi connectivity index (χ3v) is 25.7. The highest BCUT2D eigenvalue weighted by atomic mass is 15.0. The van der Waals surface area contributed by atoms with Gasteiger partial charge in [-0.2, -0.15) is 0 Å². The molecule has 5 heterocycles. The number of hydrogen-bond acceptors (Lipinski definition) is 12. The van der Waals surface area contributed by atoms with Gasteiger partial charge >= 0.3 is 0 Å². The Balaban J connectivity index is 0.000000114. The van der Waals surface area contributed by atoms with Crippen LogP contribution in [0.1, 0.15) is 52.9 Å². The fourth-order valence-electron chi connectivity index (χ4n) is 17.9. The van der Waals surface area contributed by atoms with E-state index in [2.05, 4.69) is 343 Å². The summed E-state index contributed by atoms with van der Waals surface area (Å²) in [5.74, 6) is 6.29. The van der Waals surface area contributed by atoms with E-state index in [4.69, 9.17) is 49.8 Å². The van der Waals surface area contributed by atoms with Crippen molar-refractivity contribution >= 4 is 0 Å². The number of aromatic nitrogens is 12. The van der Waals surface area contributed by atoms with E-state index in [9.17, 15) is 0 Å². The molecule has 23 aromatic rings. The number of nitrogens with zero attached hydrogens (tertiary/aromatic N) is 12. The molecule has 146 heavy (non-hydrogen) atoms. The minimum Gasteiger partial charge on any atom is -0.233 e. The predicted molar refractivity (Wildman–Crippen MR) is 599 cm³/mol. The second kappa shape index (κ2) is 44.4. The smallest absolute Gasteiger partial charge is 0.164 e. The molecule has 0 bridgehead atoms. The highest BCUT2D eigenvalue weighted by Crippen LogP contribution is 2.50. The Morgan fingerprint density at radius 1 is 0.130 bits per heavy atom. The summed E-state index contributed by atoms with van der Waals surface area (Å²) in [4.78, 5) is 58.0. The lowest BCUT2D eigenvalue weighted by molar-refractivity contribution is 0.660. The molecule has 0 saturated carbocycles. The van der Waals surface area contributed by atoms with E-state index >= 15 is 0 Å². The Morgan fingerprint density at radius 2 is 0.329 bits per heavy atom. The summed E-state index contributed by atoms with van der Waals surface area (Å²) < 4.78 is 0. The molecule has 0 amide bonds. The topological polar surface area (TPSA) is 155 Å². The molecule has 1 aliphatic rings. The molecular formula is C134H104N12. The lowest BCUT2D eigenvalue weighted by Crippen LogP contribution is -2.15. The minimum atomic E-state index is -0.0991. The summed E-state index contributed by atoms with van der Waals surface area (Å²) in [5, 5.41) is 0. The van der Waals surface area contributed by atoms with Crippen LogP contribution in [-0.4, -0.2) is 59.8 Å². The molecule has 700 valence electrons. The average Bonchev–Trinajstić information content (AvgIpc) is 1.57. The van der Waals surface area contributed by atoms with Crippen molar-refractivity contribution in [2.75, 3.05) is 0 Å². The van der Waals surface area contributed by atoms with Crippen molar-refractivity contribution in [3.8, 4) is 203 Å². The van der Waals surface area contributed by atoms with E-state index in [1.807, 2.05) is 219 Å². The first-order valence-electron chi connectivity index (χ1n) is 49.1. The first-order valence-corrected chi connectivity index (χ1v) is 49.1. The van der Waals surface area contributed by atoms with Crippen molar-refractivity contribution in [3.05, 3.63) is 543 Å². The molecule has 5 aromatic heterocycles. The Kier molecular flexibility index (Phi) is 28.8. The number of hydrogen-bond donors (Lipinski definition) is 0. The molecule has 0 aliphatic heterocycles. The number of aryl methyl sites for hydroxylation is 5. The van der Waals surface area contributed by atoms with Crippen LogP contribution in [0, 0.1) is 34.6 Å². The van der Waals surface area contributed by atoms with Gasteiger partial charge in [-0.3, -0.25) is 0 Å². The third kappa shape index (κ3) is 22.8. The molecule has 12 nitrogen and oxygen atoms in total. The van der Waals surface area contributed by atoms with Crippen molar-refractivity contribution in [2.45, 2.75) is 53.9 Å². The maximum atomic E-state index is 5.02. The molecule has 0 radical (unpaired) electrons. The van der Waals surface area contributed by atoms with Crippen LogP contribution in [-0.2, 0) is 5.41 Å². The molecule has 0 N–H and O–H groups in total. The Morgan fingerprint density at radius 3 is 0.664 bits per heavy atom. The van der Waals surface area contributed by atoms with Crippen LogP contribution in [0.2, 0.25) is 0 Å². The van der Waals surface area contributed by atoms with Crippen molar-refractivity contribution in [2.24, 2.45) is 0 Å². The van der Waals surface area contributed by atoms with E-state index in [0.717, 1.165) is 146 Å². The molecule has 18 aromatic carbocycles. The highest BCUT2D eigenvalue weighted by molar-refractivity contribution is 5.85. The van der Waals surface area contributed by atoms with E-state index < -0.39 is 0 Å². The monoisotopic (exact) mass is 1880 g/mol. The molecule has 0 saturated heterocycles. The van der Waals surface area contributed by atoms with Gasteiger partial charge < -0.3 is 0 Å². The minimum absolute atomic E-state index is 0.0991. The molecule has 0 fully saturated rings.